The summed E-state index contributed by atoms with van der Waals surface area (Å²) in [6.45, 7) is 6.95. The molecule has 1 N–H and O–H groups in total. The van der Waals surface area contributed by atoms with Gasteiger partial charge in [-0.1, -0.05) is 28.1 Å². The Balaban J connectivity index is 1.66. The van der Waals surface area contributed by atoms with E-state index in [-0.39, 0.29) is 0 Å². The minimum atomic E-state index is 0.351. The molecule has 3 rings (SSSR count). The SMILES string of the molecule is CC1(C2CC2)CN(Cc2cccc(Br)c2)CCN1. The number of benzene rings is 1. The highest BCUT2D eigenvalue weighted by molar-refractivity contribution is 9.10. The third kappa shape index (κ3) is 2.79. The molecule has 98 valence electrons. The van der Waals surface area contributed by atoms with Gasteiger partial charge in [-0.3, -0.25) is 4.90 Å². The van der Waals surface area contributed by atoms with Gasteiger partial charge < -0.3 is 5.32 Å². The Morgan fingerprint density at radius 2 is 2.28 bits per heavy atom. The summed E-state index contributed by atoms with van der Waals surface area (Å²) in [5, 5.41) is 3.73. The summed E-state index contributed by atoms with van der Waals surface area (Å²) in [5.74, 6) is 0.905. The van der Waals surface area contributed by atoms with Crippen molar-refractivity contribution in [1.29, 1.82) is 0 Å². The van der Waals surface area contributed by atoms with Gasteiger partial charge in [-0.05, 0) is 43.4 Å². The zero-order valence-electron chi connectivity index (χ0n) is 11.0. The van der Waals surface area contributed by atoms with Gasteiger partial charge in [0, 0.05) is 36.2 Å². The zero-order chi connectivity index (χ0) is 12.6. The molecule has 0 bridgehead atoms. The lowest BCUT2D eigenvalue weighted by Gasteiger charge is -2.42. The second kappa shape index (κ2) is 4.95. The molecule has 1 saturated carbocycles. The Morgan fingerprint density at radius 1 is 1.44 bits per heavy atom. The van der Waals surface area contributed by atoms with Crippen LogP contribution < -0.4 is 5.32 Å². The van der Waals surface area contributed by atoms with Crippen LogP contribution in [0.4, 0.5) is 0 Å². The van der Waals surface area contributed by atoms with Gasteiger partial charge in [0.15, 0.2) is 0 Å². The van der Waals surface area contributed by atoms with Crippen molar-refractivity contribution in [2.24, 2.45) is 5.92 Å². The van der Waals surface area contributed by atoms with E-state index in [9.17, 15) is 0 Å². The van der Waals surface area contributed by atoms with Crippen LogP contribution in [0.1, 0.15) is 25.3 Å². The maximum atomic E-state index is 3.73. The van der Waals surface area contributed by atoms with Gasteiger partial charge in [-0.15, -0.1) is 0 Å². The molecule has 1 atom stereocenters. The van der Waals surface area contributed by atoms with Crippen molar-refractivity contribution < 1.29 is 0 Å². The van der Waals surface area contributed by atoms with Crippen LogP contribution >= 0.6 is 15.9 Å². The Morgan fingerprint density at radius 3 is 3.00 bits per heavy atom. The molecule has 0 radical (unpaired) electrons. The lowest BCUT2D eigenvalue weighted by atomic mass is 9.92. The number of halogens is 1. The molecule has 2 fully saturated rings. The second-order valence-corrected chi connectivity index (χ2v) is 6.87. The number of hydrogen-bond acceptors (Lipinski definition) is 2. The van der Waals surface area contributed by atoms with Crippen molar-refractivity contribution in [3.8, 4) is 0 Å². The van der Waals surface area contributed by atoms with E-state index >= 15 is 0 Å². The van der Waals surface area contributed by atoms with Crippen molar-refractivity contribution in [1.82, 2.24) is 10.2 Å². The molecule has 1 saturated heterocycles. The van der Waals surface area contributed by atoms with Crippen LogP contribution in [0.25, 0.3) is 0 Å². The van der Waals surface area contributed by atoms with Crippen molar-refractivity contribution in [3.05, 3.63) is 34.3 Å². The summed E-state index contributed by atoms with van der Waals surface area (Å²) in [4.78, 5) is 2.59. The normalized spacial score (nSPS) is 29.4. The molecule has 1 aliphatic heterocycles. The molecule has 3 heteroatoms. The van der Waals surface area contributed by atoms with Crippen LogP contribution in [0, 0.1) is 5.92 Å². The Labute approximate surface area is 118 Å². The largest absolute Gasteiger partial charge is 0.309 e. The highest BCUT2D eigenvalue weighted by atomic mass is 79.9. The van der Waals surface area contributed by atoms with E-state index in [2.05, 4.69) is 57.3 Å². The highest BCUT2D eigenvalue weighted by Gasteiger charge is 2.43. The first-order chi connectivity index (χ1) is 8.66. The summed E-state index contributed by atoms with van der Waals surface area (Å²) in [7, 11) is 0. The van der Waals surface area contributed by atoms with Gasteiger partial charge in [0.2, 0.25) is 0 Å². The minimum Gasteiger partial charge on any atom is -0.309 e. The minimum absolute atomic E-state index is 0.351. The molecular weight excluding hydrogens is 288 g/mol. The molecule has 2 aliphatic rings. The Hall–Kier alpha value is -0.380. The fraction of sp³-hybridized carbons (Fsp3) is 0.600. The average Bonchev–Trinajstić information content (AvgIpc) is 3.13. The number of rotatable bonds is 3. The molecule has 0 amide bonds. The van der Waals surface area contributed by atoms with Gasteiger partial charge in [-0.25, -0.2) is 0 Å². The summed E-state index contributed by atoms with van der Waals surface area (Å²) in [6.07, 6.45) is 2.82. The maximum absolute atomic E-state index is 3.73. The highest BCUT2D eigenvalue weighted by Crippen LogP contribution is 2.40. The first-order valence-corrected chi connectivity index (χ1v) is 7.67. The van der Waals surface area contributed by atoms with Crippen LogP contribution in [0.15, 0.2) is 28.7 Å². The molecule has 18 heavy (non-hydrogen) atoms. The fourth-order valence-corrected chi connectivity index (χ4v) is 3.57. The molecule has 1 aliphatic carbocycles. The van der Waals surface area contributed by atoms with Gasteiger partial charge in [0.25, 0.3) is 0 Å². The number of hydrogen-bond donors (Lipinski definition) is 1. The molecule has 1 heterocycles. The maximum Gasteiger partial charge on any atom is 0.0309 e. The van der Waals surface area contributed by atoms with Crippen LogP contribution in [0.3, 0.4) is 0 Å². The first kappa shape index (κ1) is 12.6. The smallest absolute Gasteiger partial charge is 0.0309 e. The summed E-state index contributed by atoms with van der Waals surface area (Å²) in [5.41, 5.74) is 1.76. The lowest BCUT2D eigenvalue weighted by molar-refractivity contribution is 0.121. The van der Waals surface area contributed by atoms with Gasteiger partial charge >= 0.3 is 0 Å². The predicted octanol–water partition coefficient (Wildman–Crippen LogP) is 3.02. The van der Waals surface area contributed by atoms with Gasteiger partial charge in [-0.2, -0.15) is 0 Å². The summed E-state index contributed by atoms with van der Waals surface area (Å²) < 4.78 is 1.18. The van der Waals surface area contributed by atoms with Crippen LogP contribution in [0.5, 0.6) is 0 Å². The monoisotopic (exact) mass is 308 g/mol. The average molecular weight is 309 g/mol. The number of piperazine rings is 1. The molecule has 0 aromatic heterocycles. The topological polar surface area (TPSA) is 15.3 Å². The van der Waals surface area contributed by atoms with E-state index < -0.39 is 0 Å². The number of nitrogens with zero attached hydrogens (tertiary/aromatic N) is 1. The van der Waals surface area contributed by atoms with E-state index in [0.29, 0.717) is 5.54 Å². The van der Waals surface area contributed by atoms with Crippen molar-refractivity contribution in [2.45, 2.75) is 31.8 Å². The van der Waals surface area contributed by atoms with Crippen molar-refractivity contribution in [2.75, 3.05) is 19.6 Å². The third-order valence-electron chi connectivity index (χ3n) is 4.28. The quantitative estimate of drug-likeness (QED) is 0.923. The van der Waals surface area contributed by atoms with Crippen molar-refractivity contribution >= 4 is 15.9 Å². The van der Waals surface area contributed by atoms with E-state index in [1.165, 1.54) is 29.4 Å². The van der Waals surface area contributed by atoms with Crippen molar-refractivity contribution in [3.63, 3.8) is 0 Å². The van der Waals surface area contributed by atoms with Crippen LogP contribution in [0.2, 0.25) is 0 Å². The summed E-state index contributed by atoms with van der Waals surface area (Å²) >= 11 is 3.55. The van der Waals surface area contributed by atoms with E-state index in [0.717, 1.165) is 25.6 Å². The second-order valence-electron chi connectivity index (χ2n) is 5.96. The molecule has 1 unspecified atom stereocenters. The predicted molar refractivity (Wildman–Crippen MR) is 78.6 cm³/mol. The fourth-order valence-electron chi connectivity index (χ4n) is 3.12. The molecule has 1 aromatic carbocycles. The Bertz CT molecular complexity index is 430. The lowest BCUT2D eigenvalue weighted by Crippen LogP contribution is -2.59. The standard InChI is InChI=1S/C15H21BrN2/c1-15(13-5-6-13)11-18(8-7-17-15)10-12-3-2-4-14(16)9-12/h2-4,9,13,17H,5-8,10-11H2,1H3. The Kier molecular flexibility index (Phi) is 3.48. The van der Waals surface area contributed by atoms with Crippen LogP contribution in [-0.4, -0.2) is 30.1 Å². The van der Waals surface area contributed by atoms with Gasteiger partial charge in [0.1, 0.15) is 0 Å². The van der Waals surface area contributed by atoms with Crippen LogP contribution in [-0.2, 0) is 6.54 Å². The first-order valence-electron chi connectivity index (χ1n) is 6.87. The zero-order valence-corrected chi connectivity index (χ0v) is 12.5. The molecular formula is C15H21BrN2. The summed E-state index contributed by atoms with van der Waals surface area (Å²) in [6, 6.07) is 8.68. The van der Waals surface area contributed by atoms with Gasteiger partial charge in [0.05, 0.1) is 0 Å². The van der Waals surface area contributed by atoms with E-state index in [1.54, 1.807) is 0 Å². The van der Waals surface area contributed by atoms with E-state index in [1.807, 2.05) is 0 Å². The molecule has 0 spiro atoms. The van der Waals surface area contributed by atoms with E-state index in [4.69, 9.17) is 0 Å². The molecule has 2 nitrogen and oxygen atoms in total. The molecule has 1 aromatic rings. The third-order valence-corrected chi connectivity index (χ3v) is 4.78. The number of nitrogens with one attached hydrogen (secondary N) is 1.